The molecule has 2 aromatic carbocycles. The van der Waals surface area contributed by atoms with E-state index in [4.69, 9.17) is 4.74 Å². The van der Waals surface area contributed by atoms with E-state index in [2.05, 4.69) is 5.32 Å². The predicted octanol–water partition coefficient (Wildman–Crippen LogP) is 1.92. The number of methoxy groups -OCH3 is 1. The van der Waals surface area contributed by atoms with Crippen LogP contribution in [0.25, 0.3) is 0 Å². The fourth-order valence-corrected chi connectivity index (χ4v) is 2.28. The van der Waals surface area contributed by atoms with Gasteiger partial charge in [-0.3, -0.25) is 4.79 Å². The highest BCUT2D eigenvalue weighted by atomic mass is 16.5. The van der Waals surface area contributed by atoms with Crippen LogP contribution >= 0.6 is 0 Å². The van der Waals surface area contributed by atoms with E-state index in [-0.39, 0.29) is 0 Å². The molecule has 0 heterocycles. The highest BCUT2D eigenvalue weighted by Gasteiger charge is 2.29. The molecule has 2 unspecified atom stereocenters. The number of carboxylic acids is 1. The van der Waals surface area contributed by atoms with Crippen LogP contribution in [-0.2, 0) is 4.79 Å². The summed E-state index contributed by atoms with van der Waals surface area (Å²) in [7, 11) is 1.51. The van der Waals surface area contributed by atoms with Crippen molar-refractivity contribution in [3.63, 3.8) is 0 Å². The maximum Gasteiger partial charge on any atom is 0.329 e. The monoisotopic (exact) mass is 329 g/mol. The first-order valence-electron chi connectivity index (χ1n) is 7.34. The number of hydrogen-bond acceptors (Lipinski definition) is 4. The van der Waals surface area contributed by atoms with Crippen molar-refractivity contribution >= 4 is 11.9 Å². The van der Waals surface area contributed by atoms with Crippen LogP contribution in [0.5, 0.6) is 5.75 Å². The number of hydrogen-bond donors (Lipinski definition) is 3. The van der Waals surface area contributed by atoms with Gasteiger partial charge in [0.25, 0.3) is 5.91 Å². The summed E-state index contributed by atoms with van der Waals surface area (Å²) in [6.45, 7) is 1.83. The molecule has 0 aliphatic heterocycles. The number of ether oxygens (including phenoxy) is 1. The van der Waals surface area contributed by atoms with E-state index in [1.165, 1.54) is 7.11 Å². The molecule has 0 aromatic heterocycles. The Hall–Kier alpha value is -2.86. The van der Waals surface area contributed by atoms with Crippen molar-refractivity contribution in [2.45, 2.75) is 19.1 Å². The average molecular weight is 329 g/mol. The smallest absolute Gasteiger partial charge is 0.329 e. The summed E-state index contributed by atoms with van der Waals surface area (Å²) in [6.07, 6.45) is -1.39. The lowest BCUT2D eigenvalue weighted by molar-refractivity contribution is -0.142. The molecule has 126 valence electrons. The molecule has 0 aliphatic rings. The summed E-state index contributed by atoms with van der Waals surface area (Å²) in [5.74, 6) is -1.29. The lowest BCUT2D eigenvalue weighted by Gasteiger charge is -2.21. The van der Waals surface area contributed by atoms with Crippen molar-refractivity contribution in [2.75, 3.05) is 7.11 Å². The Kier molecular flexibility index (Phi) is 5.55. The largest absolute Gasteiger partial charge is 0.497 e. The van der Waals surface area contributed by atoms with Crippen LogP contribution in [0.15, 0.2) is 48.5 Å². The highest BCUT2D eigenvalue weighted by Crippen LogP contribution is 2.21. The van der Waals surface area contributed by atoms with Crippen molar-refractivity contribution in [3.8, 4) is 5.75 Å². The average Bonchev–Trinajstić information content (AvgIpc) is 2.58. The van der Waals surface area contributed by atoms with Gasteiger partial charge >= 0.3 is 5.97 Å². The molecule has 1 amide bonds. The minimum Gasteiger partial charge on any atom is -0.497 e. The van der Waals surface area contributed by atoms with Crippen molar-refractivity contribution in [3.05, 3.63) is 65.2 Å². The molecule has 0 fully saturated rings. The molecule has 2 atom stereocenters. The molecule has 6 heteroatoms. The van der Waals surface area contributed by atoms with Crippen LogP contribution in [0, 0.1) is 6.92 Å². The van der Waals surface area contributed by atoms with Gasteiger partial charge in [-0.1, -0.05) is 29.8 Å². The quantitative estimate of drug-likeness (QED) is 0.752. The first-order valence-corrected chi connectivity index (χ1v) is 7.34. The number of aliphatic hydroxyl groups excluding tert-OH is 1. The molecular weight excluding hydrogens is 310 g/mol. The Balaban J connectivity index is 2.18. The third-order valence-corrected chi connectivity index (χ3v) is 3.61. The zero-order valence-corrected chi connectivity index (χ0v) is 13.4. The zero-order chi connectivity index (χ0) is 17.7. The SMILES string of the molecule is COc1ccc(C(O)C(NC(=O)c2cccc(C)c2)C(=O)O)cc1. The van der Waals surface area contributed by atoms with Crippen molar-refractivity contribution < 1.29 is 24.5 Å². The van der Waals surface area contributed by atoms with Crippen LogP contribution in [0.4, 0.5) is 0 Å². The third-order valence-electron chi connectivity index (χ3n) is 3.61. The fraction of sp³-hybridized carbons (Fsp3) is 0.222. The fourth-order valence-electron chi connectivity index (χ4n) is 2.28. The van der Waals surface area contributed by atoms with E-state index in [0.29, 0.717) is 16.9 Å². The van der Waals surface area contributed by atoms with E-state index < -0.39 is 24.0 Å². The van der Waals surface area contributed by atoms with Gasteiger partial charge in [-0.15, -0.1) is 0 Å². The number of aliphatic carboxylic acids is 1. The summed E-state index contributed by atoms with van der Waals surface area (Å²) in [4.78, 5) is 23.7. The Morgan fingerprint density at radius 1 is 1.12 bits per heavy atom. The van der Waals surface area contributed by atoms with Gasteiger partial charge in [0, 0.05) is 5.56 Å². The number of aryl methyl sites for hydroxylation is 1. The van der Waals surface area contributed by atoms with E-state index in [0.717, 1.165) is 5.56 Å². The van der Waals surface area contributed by atoms with E-state index in [1.807, 2.05) is 13.0 Å². The summed E-state index contributed by atoms with van der Waals surface area (Å²) >= 11 is 0. The van der Waals surface area contributed by atoms with Gasteiger partial charge in [-0.2, -0.15) is 0 Å². The molecule has 0 spiro atoms. The molecule has 2 aromatic rings. The third kappa shape index (κ3) is 4.11. The van der Waals surface area contributed by atoms with Gasteiger partial charge in [0.05, 0.1) is 7.11 Å². The Labute approximate surface area is 139 Å². The Morgan fingerprint density at radius 2 is 1.79 bits per heavy atom. The summed E-state index contributed by atoms with van der Waals surface area (Å²) in [6, 6.07) is 11.6. The van der Waals surface area contributed by atoms with Crippen molar-refractivity contribution in [1.29, 1.82) is 0 Å². The van der Waals surface area contributed by atoms with Gasteiger partial charge in [0.15, 0.2) is 6.04 Å². The molecule has 0 aliphatic carbocycles. The molecule has 0 bridgehead atoms. The second kappa shape index (κ2) is 7.61. The Bertz CT molecular complexity index is 726. The van der Waals surface area contributed by atoms with Gasteiger partial charge < -0.3 is 20.3 Å². The second-order valence-corrected chi connectivity index (χ2v) is 5.38. The van der Waals surface area contributed by atoms with Crippen LogP contribution in [0.3, 0.4) is 0 Å². The number of carboxylic acid groups (broad SMARTS) is 1. The minimum atomic E-state index is -1.47. The number of rotatable bonds is 6. The van der Waals surface area contributed by atoms with Crippen LogP contribution in [0.1, 0.15) is 27.6 Å². The predicted molar refractivity (Wildman–Crippen MR) is 88.0 cm³/mol. The molecule has 24 heavy (non-hydrogen) atoms. The number of aliphatic hydroxyl groups is 1. The first kappa shape index (κ1) is 17.5. The van der Waals surface area contributed by atoms with E-state index in [9.17, 15) is 19.8 Å². The number of carbonyl (C=O) groups is 2. The molecule has 3 N–H and O–H groups in total. The number of carbonyl (C=O) groups excluding carboxylic acids is 1. The van der Waals surface area contributed by atoms with Gasteiger partial charge in [0.2, 0.25) is 0 Å². The van der Waals surface area contributed by atoms with Crippen LogP contribution in [-0.4, -0.2) is 35.2 Å². The molecule has 0 saturated heterocycles. The van der Waals surface area contributed by atoms with E-state index >= 15 is 0 Å². The molecule has 0 radical (unpaired) electrons. The van der Waals surface area contributed by atoms with Gasteiger partial charge in [-0.25, -0.2) is 4.79 Å². The standard InChI is InChI=1S/C18H19NO5/c1-11-4-3-5-13(10-11)17(21)19-15(18(22)23)16(20)12-6-8-14(24-2)9-7-12/h3-10,15-16,20H,1-2H3,(H,19,21)(H,22,23). The second-order valence-electron chi connectivity index (χ2n) is 5.38. The first-order chi connectivity index (χ1) is 11.4. The maximum atomic E-state index is 12.2. The Morgan fingerprint density at radius 3 is 2.33 bits per heavy atom. The summed E-state index contributed by atoms with van der Waals surface area (Å²) in [5, 5.41) is 22.1. The maximum absolute atomic E-state index is 12.2. The lowest BCUT2D eigenvalue weighted by atomic mass is 10.0. The number of nitrogens with one attached hydrogen (secondary N) is 1. The van der Waals surface area contributed by atoms with Crippen molar-refractivity contribution in [2.24, 2.45) is 0 Å². The normalized spacial score (nSPS) is 13.0. The highest BCUT2D eigenvalue weighted by molar-refractivity contribution is 5.96. The lowest BCUT2D eigenvalue weighted by Crippen LogP contribution is -2.45. The molecule has 2 rings (SSSR count). The molecule has 6 nitrogen and oxygen atoms in total. The van der Waals surface area contributed by atoms with E-state index in [1.54, 1.807) is 42.5 Å². The topological polar surface area (TPSA) is 95.9 Å². The summed E-state index contributed by atoms with van der Waals surface area (Å²) in [5.41, 5.74) is 1.58. The molecule has 0 saturated carbocycles. The zero-order valence-electron chi connectivity index (χ0n) is 13.4. The van der Waals surface area contributed by atoms with Crippen molar-refractivity contribution in [1.82, 2.24) is 5.32 Å². The number of amides is 1. The number of benzene rings is 2. The van der Waals surface area contributed by atoms with Crippen LogP contribution in [0.2, 0.25) is 0 Å². The minimum absolute atomic E-state index is 0.336. The molecular formula is C18H19NO5. The van der Waals surface area contributed by atoms with Crippen LogP contribution < -0.4 is 10.1 Å². The van der Waals surface area contributed by atoms with Gasteiger partial charge in [-0.05, 0) is 36.8 Å². The van der Waals surface area contributed by atoms with Gasteiger partial charge in [0.1, 0.15) is 11.9 Å². The summed E-state index contributed by atoms with van der Waals surface area (Å²) < 4.78 is 5.02.